The van der Waals surface area contributed by atoms with E-state index in [2.05, 4.69) is 25.3 Å². The van der Waals surface area contributed by atoms with Gasteiger partial charge in [0.05, 0.1) is 7.11 Å². The van der Waals surface area contributed by atoms with E-state index in [9.17, 15) is 4.79 Å². The Kier molecular flexibility index (Phi) is 3.93. The molecule has 2 aromatic heterocycles. The number of carbonyl (C=O) groups is 1. The van der Waals surface area contributed by atoms with Crippen LogP contribution in [0.3, 0.4) is 0 Å². The van der Waals surface area contributed by atoms with Crippen molar-refractivity contribution in [2.45, 2.75) is 12.8 Å². The van der Waals surface area contributed by atoms with Crippen molar-refractivity contribution in [1.29, 1.82) is 0 Å². The van der Waals surface area contributed by atoms with Crippen LogP contribution in [0.15, 0.2) is 35.1 Å². The van der Waals surface area contributed by atoms with Crippen molar-refractivity contribution in [2.75, 3.05) is 30.4 Å². The van der Waals surface area contributed by atoms with E-state index in [0.717, 1.165) is 25.9 Å². The van der Waals surface area contributed by atoms with Gasteiger partial charge in [-0.3, -0.25) is 4.79 Å². The molecule has 0 spiro atoms. The summed E-state index contributed by atoms with van der Waals surface area (Å²) in [7, 11) is 1.58. The Morgan fingerprint density at radius 1 is 1.28 bits per heavy atom. The van der Waals surface area contributed by atoms with E-state index in [1.54, 1.807) is 31.4 Å². The number of nitrogens with zero attached hydrogens (tertiary/aromatic N) is 4. The molecular formula is C17H17N5O3. The number of fused-ring (bicyclic) bond motifs is 1. The molecule has 4 rings (SSSR count). The largest absolute Gasteiger partial charge is 0.497 e. The van der Waals surface area contributed by atoms with Crippen molar-refractivity contribution in [3.8, 4) is 5.75 Å². The van der Waals surface area contributed by atoms with E-state index in [4.69, 9.17) is 9.26 Å². The quantitative estimate of drug-likeness (QED) is 0.780. The highest BCUT2D eigenvalue weighted by atomic mass is 16.5. The van der Waals surface area contributed by atoms with Crippen LogP contribution in [0, 0.1) is 0 Å². The predicted molar refractivity (Wildman–Crippen MR) is 92.0 cm³/mol. The maximum Gasteiger partial charge on any atom is 0.278 e. The summed E-state index contributed by atoms with van der Waals surface area (Å²) in [6.45, 7) is 1.79. The van der Waals surface area contributed by atoms with E-state index in [1.165, 1.54) is 6.33 Å². The predicted octanol–water partition coefficient (Wildman–Crippen LogP) is 2.48. The molecule has 8 nitrogen and oxygen atoms in total. The van der Waals surface area contributed by atoms with Crippen LogP contribution in [-0.4, -0.2) is 41.2 Å². The second-order valence-electron chi connectivity index (χ2n) is 5.79. The molecule has 3 heterocycles. The molecule has 0 aliphatic carbocycles. The minimum absolute atomic E-state index is 0.181. The molecule has 0 bridgehead atoms. The maximum atomic E-state index is 12.7. The van der Waals surface area contributed by atoms with Crippen molar-refractivity contribution in [1.82, 2.24) is 15.1 Å². The Morgan fingerprint density at radius 2 is 2.12 bits per heavy atom. The molecule has 0 saturated carbocycles. The third-order valence-corrected chi connectivity index (χ3v) is 4.20. The zero-order valence-electron chi connectivity index (χ0n) is 13.7. The van der Waals surface area contributed by atoms with E-state index >= 15 is 0 Å². The minimum Gasteiger partial charge on any atom is -0.497 e. The molecule has 3 aromatic rings. The van der Waals surface area contributed by atoms with Crippen molar-refractivity contribution in [3.05, 3.63) is 36.3 Å². The number of amides is 1. The molecule has 0 atom stereocenters. The number of hydrogen-bond acceptors (Lipinski definition) is 7. The van der Waals surface area contributed by atoms with Crippen LogP contribution < -0.4 is 15.0 Å². The number of aromatic nitrogens is 3. The SMILES string of the molecule is COc1cccc(NC(=O)c2noc3ncnc(N4CCCC4)c23)c1. The highest BCUT2D eigenvalue weighted by Gasteiger charge is 2.25. The second kappa shape index (κ2) is 6.39. The molecule has 1 aliphatic rings. The van der Waals surface area contributed by atoms with E-state index in [1.807, 2.05) is 0 Å². The molecule has 8 heteroatoms. The van der Waals surface area contributed by atoms with E-state index in [0.29, 0.717) is 28.4 Å². The summed E-state index contributed by atoms with van der Waals surface area (Å²) in [5.74, 6) is 0.977. The number of anilines is 2. The van der Waals surface area contributed by atoms with Crippen LogP contribution in [0.1, 0.15) is 23.3 Å². The topological polar surface area (TPSA) is 93.4 Å². The fourth-order valence-electron chi connectivity index (χ4n) is 2.99. The van der Waals surface area contributed by atoms with Gasteiger partial charge in [-0.2, -0.15) is 4.98 Å². The van der Waals surface area contributed by atoms with Gasteiger partial charge in [-0.05, 0) is 25.0 Å². The van der Waals surface area contributed by atoms with Crippen LogP contribution in [0.2, 0.25) is 0 Å². The normalized spacial score (nSPS) is 14.0. The van der Waals surface area contributed by atoms with Crippen molar-refractivity contribution < 1.29 is 14.1 Å². The number of rotatable bonds is 4. The first-order valence-corrected chi connectivity index (χ1v) is 8.07. The maximum absolute atomic E-state index is 12.7. The lowest BCUT2D eigenvalue weighted by Gasteiger charge is -2.16. The highest BCUT2D eigenvalue weighted by molar-refractivity contribution is 6.12. The molecule has 0 radical (unpaired) electrons. The van der Waals surface area contributed by atoms with Crippen LogP contribution in [-0.2, 0) is 0 Å². The molecule has 1 amide bonds. The standard InChI is InChI=1S/C17H17N5O3/c1-24-12-6-4-5-11(9-12)20-16(23)14-13-15(22-7-2-3-8-22)18-10-19-17(13)25-21-14/h4-6,9-10H,2-3,7-8H2,1H3,(H,20,23). The molecule has 128 valence electrons. The van der Waals surface area contributed by atoms with Crippen LogP contribution in [0.5, 0.6) is 5.75 Å². The summed E-state index contributed by atoms with van der Waals surface area (Å²) >= 11 is 0. The van der Waals surface area contributed by atoms with Crippen LogP contribution >= 0.6 is 0 Å². The number of ether oxygens (including phenoxy) is 1. The Morgan fingerprint density at radius 3 is 2.92 bits per heavy atom. The van der Waals surface area contributed by atoms with Crippen LogP contribution in [0.4, 0.5) is 11.5 Å². The van der Waals surface area contributed by atoms with Gasteiger partial charge in [-0.1, -0.05) is 11.2 Å². The zero-order valence-corrected chi connectivity index (χ0v) is 13.7. The van der Waals surface area contributed by atoms with Crippen molar-refractivity contribution in [3.63, 3.8) is 0 Å². The summed E-state index contributed by atoms with van der Waals surface area (Å²) in [5.41, 5.74) is 1.10. The lowest BCUT2D eigenvalue weighted by Crippen LogP contribution is -2.20. The monoisotopic (exact) mass is 339 g/mol. The Bertz CT molecular complexity index is 918. The number of hydrogen-bond donors (Lipinski definition) is 1. The summed E-state index contributed by atoms with van der Waals surface area (Å²) in [6, 6.07) is 7.12. The number of nitrogens with one attached hydrogen (secondary N) is 1. The fraction of sp³-hybridized carbons (Fsp3) is 0.294. The van der Waals surface area contributed by atoms with Crippen LogP contribution in [0.25, 0.3) is 11.1 Å². The molecular weight excluding hydrogens is 322 g/mol. The lowest BCUT2D eigenvalue weighted by atomic mass is 10.2. The molecule has 0 unspecified atom stereocenters. The summed E-state index contributed by atoms with van der Waals surface area (Å²) in [5, 5.41) is 7.28. The molecule has 25 heavy (non-hydrogen) atoms. The van der Waals surface area contributed by atoms with Crippen molar-refractivity contribution >= 4 is 28.5 Å². The van der Waals surface area contributed by atoms with Gasteiger partial charge in [0.2, 0.25) is 0 Å². The summed E-state index contributed by atoms with van der Waals surface area (Å²) in [4.78, 5) is 23.3. The van der Waals surface area contributed by atoms with Gasteiger partial charge in [0.1, 0.15) is 23.3 Å². The Balaban J connectivity index is 1.69. The van der Waals surface area contributed by atoms with Gasteiger partial charge in [0.25, 0.3) is 11.6 Å². The van der Waals surface area contributed by atoms with Gasteiger partial charge >= 0.3 is 0 Å². The smallest absolute Gasteiger partial charge is 0.278 e. The van der Waals surface area contributed by atoms with Gasteiger partial charge in [0.15, 0.2) is 5.69 Å². The van der Waals surface area contributed by atoms with Crippen molar-refractivity contribution in [2.24, 2.45) is 0 Å². The Labute approximate surface area is 143 Å². The lowest BCUT2D eigenvalue weighted by molar-refractivity contribution is 0.102. The highest BCUT2D eigenvalue weighted by Crippen LogP contribution is 2.29. The van der Waals surface area contributed by atoms with Gasteiger partial charge in [-0.25, -0.2) is 4.98 Å². The molecule has 1 aliphatic heterocycles. The first-order chi connectivity index (χ1) is 12.3. The number of carbonyl (C=O) groups excluding carboxylic acids is 1. The third kappa shape index (κ3) is 2.86. The summed E-state index contributed by atoms with van der Waals surface area (Å²) in [6.07, 6.45) is 3.63. The van der Waals surface area contributed by atoms with Gasteiger partial charge in [-0.15, -0.1) is 0 Å². The Hall–Kier alpha value is -3.16. The molecule has 1 fully saturated rings. The fourth-order valence-corrected chi connectivity index (χ4v) is 2.99. The number of methoxy groups -OCH3 is 1. The molecule has 1 N–H and O–H groups in total. The third-order valence-electron chi connectivity index (χ3n) is 4.20. The average molecular weight is 339 g/mol. The van der Waals surface area contributed by atoms with Gasteiger partial charge in [0, 0.05) is 24.8 Å². The molecule has 1 saturated heterocycles. The first kappa shape index (κ1) is 15.4. The summed E-state index contributed by atoms with van der Waals surface area (Å²) < 4.78 is 10.4. The molecule has 1 aromatic carbocycles. The zero-order chi connectivity index (χ0) is 17.2. The number of benzene rings is 1. The average Bonchev–Trinajstić information content (AvgIpc) is 3.31. The first-order valence-electron chi connectivity index (χ1n) is 8.07. The second-order valence-corrected chi connectivity index (χ2v) is 5.79. The van der Waals surface area contributed by atoms with Gasteiger partial charge < -0.3 is 19.5 Å². The van der Waals surface area contributed by atoms with E-state index in [-0.39, 0.29) is 11.6 Å². The van der Waals surface area contributed by atoms with E-state index < -0.39 is 0 Å². The minimum atomic E-state index is -0.373.